The highest BCUT2D eigenvalue weighted by atomic mass is 32.1. The Bertz CT molecular complexity index is 758. The lowest BCUT2D eigenvalue weighted by molar-refractivity contribution is 0.932. The molecule has 3 rings (SSSR count). The Morgan fingerprint density at radius 3 is 2.76 bits per heavy atom. The van der Waals surface area contributed by atoms with Crippen molar-refractivity contribution in [3.8, 4) is 0 Å². The Morgan fingerprint density at radius 2 is 2.05 bits per heavy atom. The number of aromatic nitrogens is 2. The number of nitrogens with one attached hydrogen (secondary N) is 1. The summed E-state index contributed by atoms with van der Waals surface area (Å²) in [5.41, 5.74) is 3.44. The van der Waals surface area contributed by atoms with Gasteiger partial charge in [-0.2, -0.15) is 5.10 Å². The van der Waals surface area contributed by atoms with Gasteiger partial charge in [0, 0.05) is 21.2 Å². The van der Waals surface area contributed by atoms with Gasteiger partial charge in [-0.1, -0.05) is 13.3 Å². The fourth-order valence-electron chi connectivity index (χ4n) is 2.41. The third-order valence-electron chi connectivity index (χ3n) is 3.53. The summed E-state index contributed by atoms with van der Waals surface area (Å²) in [6.45, 7) is 7.36. The molecule has 0 aromatic carbocycles. The number of aryl methyl sites for hydroxylation is 3. The van der Waals surface area contributed by atoms with E-state index in [4.69, 9.17) is 0 Å². The molecule has 0 aliphatic heterocycles. The van der Waals surface area contributed by atoms with Gasteiger partial charge < -0.3 is 5.32 Å². The lowest BCUT2D eigenvalue weighted by atomic mass is 10.2. The molecule has 0 unspecified atom stereocenters. The highest BCUT2D eigenvalue weighted by molar-refractivity contribution is 7.19. The van der Waals surface area contributed by atoms with Gasteiger partial charge >= 0.3 is 0 Å². The number of hydrogen-bond donors (Lipinski definition) is 1. The smallest absolute Gasteiger partial charge is 0.109 e. The van der Waals surface area contributed by atoms with Crippen molar-refractivity contribution in [2.45, 2.75) is 40.2 Å². The lowest BCUT2D eigenvalue weighted by Gasteiger charge is -2.04. The van der Waals surface area contributed by atoms with Gasteiger partial charge in [0.1, 0.15) is 5.52 Å². The molecule has 0 bridgehead atoms. The Hall–Kier alpha value is -1.46. The van der Waals surface area contributed by atoms with Crippen LogP contribution >= 0.6 is 22.7 Å². The molecule has 0 saturated heterocycles. The van der Waals surface area contributed by atoms with Crippen LogP contribution in [0.5, 0.6) is 0 Å². The van der Waals surface area contributed by atoms with Crippen molar-refractivity contribution in [2.24, 2.45) is 0 Å². The number of hydrogen-bond acceptors (Lipinski definition) is 5. The molecule has 0 aliphatic carbocycles. The third kappa shape index (κ3) is 2.94. The van der Waals surface area contributed by atoms with Crippen LogP contribution in [0.25, 0.3) is 10.2 Å². The standard InChI is InChI=1S/C16H19N3S2/c1-4-5-14-11(3)15-16(21-14)13(9-18-19-15)17-8-12-7-6-10(2)20-12/h6-7,9H,4-5,8H2,1-3H3,(H,17,19). The van der Waals surface area contributed by atoms with Gasteiger partial charge in [-0.05, 0) is 38.0 Å². The predicted molar refractivity (Wildman–Crippen MR) is 92.5 cm³/mol. The summed E-state index contributed by atoms with van der Waals surface area (Å²) in [6, 6.07) is 4.34. The maximum absolute atomic E-state index is 4.33. The summed E-state index contributed by atoms with van der Waals surface area (Å²) in [5, 5.41) is 12.0. The summed E-state index contributed by atoms with van der Waals surface area (Å²) in [6.07, 6.45) is 4.13. The van der Waals surface area contributed by atoms with Crippen LogP contribution in [0.4, 0.5) is 5.69 Å². The first-order valence-corrected chi connectivity index (χ1v) is 8.85. The molecule has 0 atom stereocenters. The van der Waals surface area contributed by atoms with Crippen molar-refractivity contribution < 1.29 is 0 Å². The van der Waals surface area contributed by atoms with Crippen LogP contribution in [0.15, 0.2) is 18.3 Å². The molecule has 21 heavy (non-hydrogen) atoms. The molecule has 0 spiro atoms. The molecule has 0 amide bonds. The van der Waals surface area contributed by atoms with Crippen LogP contribution in [0.3, 0.4) is 0 Å². The lowest BCUT2D eigenvalue weighted by Crippen LogP contribution is -1.98. The van der Waals surface area contributed by atoms with Crippen LogP contribution < -0.4 is 5.32 Å². The van der Waals surface area contributed by atoms with Gasteiger partial charge in [0.2, 0.25) is 0 Å². The van der Waals surface area contributed by atoms with E-state index >= 15 is 0 Å². The second-order valence-electron chi connectivity index (χ2n) is 5.20. The van der Waals surface area contributed by atoms with Gasteiger partial charge in [0.15, 0.2) is 0 Å². The van der Waals surface area contributed by atoms with E-state index in [1.165, 1.54) is 31.3 Å². The zero-order valence-electron chi connectivity index (χ0n) is 12.6. The van der Waals surface area contributed by atoms with Crippen molar-refractivity contribution >= 4 is 38.6 Å². The number of nitrogens with zero attached hydrogens (tertiary/aromatic N) is 2. The summed E-state index contributed by atoms with van der Waals surface area (Å²) < 4.78 is 1.24. The van der Waals surface area contributed by atoms with Gasteiger partial charge in [-0.25, -0.2) is 0 Å². The maximum Gasteiger partial charge on any atom is 0.109 e. The molecule has 3 aromatic heterocycles. The molecular weight excluding hydrogens is 298 g/mol. The van der Waals surface area contributed by atoms with Crippen molar-refractivity contribution in [2.75, 3.05) is 5.32 Å². The normalized spacial score (nSPS) is 11.2. The van der Waals surface area contributed by atoms with Gasteiger partial charge in [0.25, 0.3) is 0 Å². The van der Waals surface area contributed by atoms with E-state index in [1.54, 1.807) is 0 Å². The molecule has 3 heterocycles. The molecule has 5 heteroatoms. The van der Waals surface area contributed by atoms with Crippen molar-refractivity contribution in [1.82, 2.24) is 10.2 Å². The monoisotopic (exact) mass is 317 g/mol. The van der Waals surface area contributed by atoms with Crippen molar-refractivity contribution in [1.29, 1.82) is 0 Å². The van der Waals surface area contributed by atoms with E-state index in [2.05, 4.69) is 48.4 Å². The van der Waals surface area contributed by atoms with E-state index in [9.17, 15) is 0 Å². The van der Waals surface area contributed by atoms with Crippen LogP contribution in [-0.4, -0.2) is 10.2 Å². The molecule has 1 N–H and O–H groups in total. The molecule has 0 saturated carbocycles. The minimum atomic E-state index is 0.847. The minimum absolute atomic E-state index is 0.847. The van der Waals surface area contributed by atoms with Gasteiger partial charge in [-0.15, -0.1) is 27.8 Å². The Labute approximate surface area is 133 Å². The van der Waals surface area contributed by atoms with E-state index in [0.717, 1.165) is 24.2 Å². The average molecular weight is 317 g/mol. The first kappa shape index (κ1) is 14.5. The maximum atomic E-state index is 4.33. The number of fused-ring (bicyclic) bond motifs is 1. The number of anilines is 1. The summed E-state index contributed by atoms with van der Waals surface area (Å²) in [7, 11) is 0. The fraction of sp³-hybridized carbons (Fsp3) is 0.375. The zero-order chi connectivity index (χ0) is 14.8. The average Bonchev–Trinajstić information content (AvgIpc) is 3.03. The molecule has 0 aliphatic rings. The molecule has 0 radical (unpaired) electrons. The second-order valence-corrected chi connectivity index (χ2v) is 7.68. The molecule has 3 nitrogen and oxygen atoms in total. The Morgan fingerprint density at radius 1 is 1.19 bits per heavy atom. The first-order chi connectivity index (χ1) is 10.2. The predicted octanol–water partition coefficient (Wildman–Crippen LogP) is 4.93. The van der Waals surface area contributed by atoms with Crippen LogP contribution in [-0.2, 0) is 13.0 Å². The summed E-state index contributed by atoms with van der Waals surface area (Å²) in [5.74, 6) is 0. The van der Waals surface area contributed by atoms with Gasteiger partial charge in [-0.3, -0.25) is 0 Å². The first-order valence-electron chi connectivity index (χ1n) is 7.22. The molecule has 110 valence electrons. The third-order valence-corrected chi connectivity index (χ3v) is 5.90. The largest absolute Gasteiger partial charge is 0.378 e. The molecular formula is C16H19N3S2. The van der Waals surface area contributed by atoms with Gasteiger partial charge in [0.05, 0.1) is 16.6 Å². The van der Waals surface area contributed by atoms with Crippen LogP contribution in [0, 0.1) is 13.8 Å². The van der Waals surface area contributed by atoms with Crippen LogP contribution in [0.2, 0.25) is 0 Å². The Kier molecular flexibility index (Phi) is 4.22. The topological polar surface area (TPSA) is 37.8 Å². The van der Waals surface area contributed by atoms with E-state index in [-0.39, 0.29) is 0 Å². The summed E-state index contributed by atoms with van der Waals surface area (Å²) >= 11 is 3.69. The van der Waals surface area contributed by atoms with Crippen molar-refractivity contribution in [3.63, 3.8) is 0 Å². The Balaban J connectivity index is 1.89. The number of rotatable bonds is 5. The second kappa shape index (κ2) is 6.12. The quantitative estimate of drug-likeness (QED) is 0.724. The van der Waals surface area contributed by atoms with Crippen molar-refractivity contribution in [3.05, 3.63) is 38.5 Å². The van der Waals surface area contributed by atoms with E-state index in [0.29, 0.717) is 0 Å². The highest BCUT2D eigenvalue weighted by Crippen LogP contribution is 2.34. The summed E-state index contributed by atoms with van der Waals surface area (Å²) in [4.78, 5) is 4.13. The fourth-order valence-corrected chi connectivity index (χ4v) is 4.57. The number of thiophene rings is 2. The van der Waals surface area contributed by atoms with E-state index in [1.807, 2.05) is 28.9 Å². The van der Waals surface area contributed by atoms with E-state index < -0.39 is 0 Å². The van der Waals surface area contributed by atoms with Crippen LogP contribution in [0.1, 0.15) is 33.5 Å². The SMILES string of the molecule is CCCc1sc2c(NCc3ccc(C)s3)cnnc2c1C. The highest BCUT2D eigenvalue weighted by Gasteiger charge is 2.13. The zero-order valence-corrected chi connectivity index (χ0v) is 14.2. The molecule has 0 fully saturated rings. The molecule has 3 aromatic rings. The minimum Gasteiger partial charge on any atom is -0.378 e.